The summed E-state index contributed by atoms with van der Waals surface area (Å²) in [5.74, 6) is -0.212. The van der Waals surface area contributed by atoms with Crippen molar-refractivity contribution in [1.82, 2.24) is 10.3 Å². The van der Waals surface area contributed by atoms with E-state index in [0.29, 0.717) is 5.69 Å². The third-order valence-corrected chi connectivity index (χ3v) is 2.32. The molecule has 1 unspecified atom stereocenters. The fourth-order valence-corrected chi connectivity index (χ4v) is 1.28. The van der Waals surface area contributed by atoms with Crippen LogP contribution in [0, 0.1) is 24.2 Å². The summed E-state index contributed by atoms with van der Waals surface area (Å²) in [6.07, 6.45) is 1.57. The van der Waals surface area contributed by atoms with Gasteiger partial charge in [0.25, 0.3) is 5.91 Å². The molecule has 16 heavy (non-hydrogen) atoms. The van der Waals surface area contributed by atoms with Crippen molar-refractivity contribution >= 4 is 5.91 Å². The van der Waals surface area contributed by atoms with Gasteiger partial charge >= 0.3 is 0 Å². The molecule has 0 saturated carbocycles. The Labute approximate surface area is 95.3 Å². The van der Waals surface area contributed by atoms with Gasteiger partial charge in [-0.3, -0.25) is 9.78 Å². The van der Waals surface area contributed by atoms with Crippen LogP contribution < -0.4 is 5.32 Å². The SMILES string of the molecule is Cc1cccnc1C(=O)NC(C#N)C(C)C. The molecule has 84 valence electrons. The molecule has 4 heteroatoms. The maximum Gasteiger partial charge on any atom is 0.271 e. The molecule has 0 aliphatic carbocycles. The Morgan fingerprint density at radius 1 is 1.56 bits per heavy atom. The van der Waals surface area contributed by atoms with Gasteiger partial charge in [-0.05, 0) is 24.5 Å². The van der Waals surface area contributed by atoms with Crippen LogP contribution in [0.1, 0.15) is 29.9 Å². The summed E-state index contributed by atoms with van der Waals surface area (Å²) in [6, 6.07) is 5.18. The van der Waals surface area contributed by atoms with Gasteiger partial charge in [0.05, 0.1) is 6.07 Å². The highest BCUT2D eigenvalue weighted by atomic mass is 16.1. The minimum Gasteiger partial charge on any atom is -0.335 e. The normalized spacial score (nSPS) is 11.9. The van der Waals surface area contributed by atoms with Gasteiger partial charge in [-0.2, -0.15) is 5.26 Å². The molecule has 1 N–H and O–H groups in total. The molecule has 0 bridgehead atoms. The monoisotopic (exact) mass is 217 g/mol. The first-order chi connectivity index (χ1) is 7.56. The summed E-state index contributed by atoms with van der Waals surface area (Å²) in [7, 11) is 0. The highest BCUT2D eigenvalue weighted by molar-refractivity contribution is 5.93. The summed E-state index contributed by atoms with van der Waals surface area (Å²) < 4.78 is 0. The maximum atomic E-state index is 11.8. The smallest absolute Gasteiger partial charge is 0.271 e. The number of nitrogens with one attached hydrogen (secondary N) is 1. The average Bonchev–Trinajstić information content (AvgIpc) is 2.25. The van der Waals surface area contributed by atoms with E-state index >= 15 is 0 Å². The Hall–Kier alpha value is -1.89. The lowest BCUT2D eigenvalue weighted by atomic mass is 10.1. The minimum absolute atomic E-state index is 0.0815. The molecule has 1 atom stereocenters. The summed E-state index contributed by atoms with van der Waals surface area (Å²) in [4.78, 5) is 15.8. The number of nitrogens with zero attached hydrogens (tertiary/aromatic N) is 2. The van der Waals surface area contributed by atoms with Crippen molar-refractivity contribution in [3.8, 4) is 6.07 Å². The van der Waals surface area contributed by atoms with E-state index in [0.717, 1.165) is 5.56 Å². The molecule has 0 aromatic carbocycles. The molecular formula is C12H15N3O. The number of nitriles is 1. The molecule has 1 aromatic heterocycles. The third-order valence-electron chi connectivity index (χ3n) is 2.32. The van der Waals surface area contributed by atoms with E-state index in [1.54, 1.807) is 12.3 Å². The van der Waals surface area contributed by atoms with Crippen LogP contribution in [0.5, 0.6) is 0 Å². The summed E-state index contributed by atoms with van der Waals surface area (Å²) in [5.41, 5.74) is 1.18. The fraction of sp³-hybridized carbons (Fsp3) is 0.417. The van der Waals surface area contributed by atoms with Gasteiger partial charge < -0.3 is 5.32 Å². The minimum atomic E-state index is -0.478. The number of carbonyl (C=O) groups is 1. The zero-order chi connectivity index (χ0) is 12.1. The number of amides is 1. The summed E-state index contributed by atoms with van der Waals surface area (Å²) in [6.45, 7) is 5.59. The van der Waals surface area contributed by atoms with Crippen molar-refractivity contribution in [2.24, 2.45) is 5.92 Å². The van der Waals surface area contributed by atoms with Crippen LogP contribution in [-0.2, 0) is 0 Å². The van der Waals surface area contributed by atoms with Crippen LogP contribution in [0.25, 0.3) is 0 Å². The van der Waals surface area contributed by atoms with Crippen molar-refractivity contribution in [3.05, 3.63) is 29.6 Å². The number of hydrogen-bond donors (Lipinski definition) is 1. The van der Waals surface area contributed by atoms with Gasteiger partial charge in [0.2, 0.25) is 0 Å². The van der Waals surface area contributed by atoms with Crippen LogP contribution >= 0.6 is 0 Å². The van der Waals surface area contributed by atoms with Gasteiger partial charge in [-0.25, -0.2) is 0 Å². The quantitative estimate of drug-likeness (QED) is 0.837. The van der Waals surface area contributed by atoms with E-state index in [4.69, 9.17) is 5.26 Å². The van der Waals surface area contributed by atoms with Crippen molar-refractivity contribution < 1.29 is 4.79 Å². The molecular weight excluding hydrogens is 202 g/mol. The number of hydrogen-bond acceptors (Lipinski definition) is 3. The Bertz CT molecular complexity index is 421. The predicted molar refractivity (Wildman–Crippen MR) is 60.7 cm³/mol. The van der Waals surface area contributed by atoms with E-state index in [1.165, 1.54) is 0 Å². The van der Waals surface area contributed by atoms with Crippen molar-refractivity contribution in [3.63, 3.8) is 0 Å². The van der Waals surface area contributed by atoms with E-state index in [9.17, 15) is 4.79 Å². The molecule has 0 fully saturated rings. The molecule has 0 aliphatic heterocycles. The second-order valence-corrected chi connectivity index (χ2v) is 3.99. The molecule has 1 aromatic rings. The lowest BCUT2D eigenvalue weighted by molar-refractivity contribution is 0.0932. The van der Waals surface area contributed by atoms with E-state index in [1.807, 2.05) is 26.8 Å². The topological polar surface area (TPSA) is 65.8 Å². The van der Waals surface area contributed by atoms with E-state index in [2.05, 4.69) is 16.4 Å². The zero-order valence-corrected chi connectivity index (χ0v) is 9.69. The van der Waals surface area contributed by atoms with Crippen LogP contribution in [0.3, 0.4) is 0 Å². The van der Waals surface area contributed by atoms with Crippen molar-refractivity contribution in [2.45, 2.75) is 26.8 Å². The van der Waals surface area contributed by atoms with Gasteiger partial charge in [-0.15, -0.1) is 0 Å². The lowest BCUT2D eigenvalue weighted by Gasteiger charge is -2.15. The number of pyridine rings is 1. The highest BCUT2D eigenvalue weighted by Crippen LogP contribution is 2.05. The highest BCUT2D eigenvalue weighted by Gasteiger charge is 2.17. The van der Waals surface area contributed by atoms with Crippen molar-refractivity contribution in [1.29, 1.82) is 5.26 Å². The Morgan fingerprint density at radius 3 is 2.75 bits per heavy atom. The van der Waals surface area contributed by atoms with Gasteiger partial charge in [0, 0.05) is 6.20 Å². The average molecular weight is 217 g/mol. The molecule has 0 spiro atoms. The van der Waals surface area contributed by atoms with Crippen LogP contribution in [0.4, 0.5) is 0 Å². The second kappa shape index (κ2) is 5.26. The van der Waals surface area contributed by atoms with E-state index in [-0.39, 0.29) is 11.8 Å². The molecule has 1 rings (SSSR count). The lowest BCUT2D eigenvalue weighted by Crippen LogP contribution is -2.38. The molecule has 4 nitrogen and oxygen atoms in total. The second-order valence-electron chi connectivity index (χ2n) is 3.99. The molecule has 0 aliphatic rings. The zero-order valence-electron chi connectivity index (χ0n) is 9.69. The first kappa shape index (κ1) is 12.2. The van der Waals surface area contributed by atoms with Gasteiger partial charge in [0.1, 0.15) is 11.7 Å². The van der Waals surface area contributed by atoms with E-state index < -0.39 is 6.04 Å². The summed E-state index contributed by atoms with van der Waals surface area (Å²) in [5, 5.41) is 11.5. The molecule has 0 radical (unpaired) electrons. The Kier molecular flexibility index (Phi) is 4.01. The largest absolute Gasteiger partial charge is 0.335 e. The predicted octanol–water partition coefficient (Wildman–Crippen LogP) is 1.67. The van der Waals surface area contributed by atoms with Crippen molar-refractivity contribution in [2.75, 3.05) is 0 Å². The fourth-order valence-electron chi connectivity index (χ4n) is 1.28. The molecule has 0 saturated heterocycles. The van der Waals surface area contributed by atoms with Gasteiger partial charge in [-0.1, -0.05) is 19.9 Å². The summed E-state index contributed by atoms with van der Waals surface area (Å²) >= 11 is 0. The first-order valence-electron chi connectivity index (χ1n) is 5.18. The molecule has 1 heterocycles. The van der Waals surface area contributed by atoms with Gasteiger partial charge in [0.15, 0.2) is 0 Å². The Balaban J connectivity index is 2.81. The maximum absolute atomic E-state index is 11.8. The van der Waals surface area contributed by atoms with Crippen LogP contribution in [0.15, 0.2) is 18.3 Å². The number of aromatic nitrogens is 1. The molecule has 1 amide bonds. The number of aryl methyl sites for hydroxylation is 1. The standard InChI is InChI=1S/C12H15N3O/c1-8(2)10(7-13)15-12(16)11-9(3)5-4-6-14-11/h4-6,8,10H,1-3H3,(H,15,16). The first-order valence-corrected chi connectivity index (χ1v) is 5.18. The third kappa shape index (κ3) is 2.80. The number of rotatable bonds is 3. The van der Waals surface area contributed by atoms with Crippen LogP contribution in [0.2, 0.25) is 0 Å². The van der Waals surface area contributed by atoms with Crippen LogP contribution in [-0.4, -0.2) is 16.9 Å². The number of carbonyl (C=O) groups excluding carboxylic acids is 1. The Morgan fingerprint density at radius 2 is 2.25 bits per heavy atom.